The third kappa shape index (κ3) is 11.6. The van der Waals surface area contributed by atoms with E-state index in [4.69, 9.17) is 9.47 Å². The van der Waals surface area contributed by atoms with Crippen molar-refractivity contribution in [3.63, 3.8) is 0 Å². The fraction of sp³-hybridized carbons (Fsp3) is 0.538. The summed E-state index contributed by atoms with van der Waals surface area (Å²) in [5, 5.41) is 0. The summed E-state index contributed by atoms with van der Waals surface area (Å²) in [4.78, 5) is 24.8. The third-order valence-corrected chi connectivity index (χ3v) is 4.94. The lowest BCUT2D eigenvalue weighted by atomic mass is 10.1. The molecule has 0 bridgehead atoms. The minimum absolute atomic E-state index is 0.276. The van der Waals surface area contributed by atoms with E-state index < -0.39 is 11.9 Å². The smallest absolute Gasteiger partial charge is 0.339 e. The van der Waals surface area contributed by atoms with Gasteiger partial charge >= 0.3 is 11.9 Å². The van der Waals surface area contributed by atoms with Crippen molar-refractivity contribution < 1.29 is 19.1 Å². The molecule has 0 aliphatic carbocycles. The molecule has 1 aromatic rings. The molecule has 0 spiro atoms. The van der Waals surface area contributed by atoms with Gasteiger partial charge in [0.2, 0.25) is 0 Å². The predicted molar refractivity (Wildman–Crippen MR) is 123 cm³/mol. The summed E-state index contributed by atoms with van der Waals surface area (Å²) in [5.74, 6) is -0.923. The Kier molecular flexibility index (Phi) is 15.0. The molecule has 0 aliphatic rings. The molecule has 0 saturated heterocycles. The molecule has 1 rings (SSSR count). The first-order valence-electron chi connectivity index (χ1n) is 11.4. The van der Waals surface area contributed by atoms with Gasteiger partial charge in [-0.1, -0.05) is 62.8 Å². The van der Waals surface area contributed by atoms with E-state index in [0.29, 0.717) is 13.2 Å². The molecule has 1 aromatic carbocycles. The fourth-order valence-electron chi connectivity index (χ4n) is 3.17. The van der Waals surface area contributed by atoms with Gasteiger partial charge in [-0.15, -0.1) is 13.2 Å². The van der Waals surface area contributed by atoms with Crippen LogP contribution >= 0.6 is 0 Å². The van der Waals surface area contributed by atoms with E-state index in [-0.39, 0.29) is 11.1 Å². The van der Waals surface area contributed by atoms with E-state index in [9.17, 15) is 9.59 Å². The highest BCUT2D eigenvalue weighted by atomic mass is 16.5. The second kappa shape index (κ2) is 17.5. The number of carbonyl (C=O) groups excluding carboxylic acids is 2. The second-order valence-corrected chi connectivity index (χ2v) is 7.51. The maximum Gasteiger partial charge on any atom is 0.339 e. The molecule has 0 aliphatic heterocycles. The zero-order valence-corrected chi connectivity index (χ0v) is 18.4. The molecule has 4 heteroatoms. The van der Waals surface area contributed by atoms with Gasteiger partial charge in [-0.2, -0.15) is 0 Å². The Balaban J connectivity index is 2.30. The van der Waals surface area contributed by atoms with E-state index in [1.54, 1.807) is 24.3 Å². The van der Waals surface area contributed by atoms with Gasteiger partial charge in [0.15, 0.2) is 0 Å². The number of benzene rings is 1. The Morgan fingerprint density at radius 3 is 1.40 bits per heavy atom. The topological polar surface area (TPSA) is 52.6 Å². The van der Waals surface area contributed by atoms with Gasteiger partial charge in [-0.25, -0.2) is 9.59 Å². The van der Waals surface area contributed by atoms with Crippen LogP contribution in [0.4, 0.5) is 0 Å². The van der Waals surface area contributed by atoms with Crippen molar-refractivity contribution in [2.45, 2.75) is 77.0 Å². The molecule has 0 saturated carbocycles. The first kappa shape index (κ1) is 25.7. The molecule has 0 fully saturated rings. The van der Waals surface area contributed by atoms with Crippen LogP contribution in [0.25, 0.3) is 0 Å². The largest absolute Gasteiger partial charge is 0.462 e. The highest BCUT2D eigenvalue weighted by Gasteiger charge is 2.18. The zero-order chi connectivity index (χ0) is 21.9. The van der Waals surface area contributed by atoms with Gasteiger partial charge < -0.3 is 9.47 Å². The highest BCUT2D eigenvalue weighted by Crippen LogP contribution is 2.14. The quantitative estimate of drug-likeness (QED) is 0.147. The molecule has 166 valence electrons. The van der Waals surface area contributed by atoms with Crippen molar-refractivity contribution in [1.29, 1.82) is 0 Å². The van der Waals surface area contributed by atoms with Crippen molar-refractivity contribution in [1.82, 2.24) is 0 Å². The van der Waals surface area contributed by atoms with Crippen LogP contribution in [0.3, 0.4) is 0 Å². The lowest BCUT2D eigenvalue weighted by Crippen LogP contribution is -2.15. The minimum atomic E-state index is -0.462. The van der Waals surface area contributed by atoms with E-state index in [1.165, 1.54) is 12.8 Å². The molecule has 0 N–H and O–H groups in total. The lowest BCUT2D eigenvalue weighted by Gasteiger charge is -2.10. The summed E-state index contributed by atoms with van der Waals surface area (Å²) in [7, 11) is 0. The molecule has 0 heterocycles. The second-order valence-electron chi connectivity index (χ2n) is 7.51. The minimum Gasteiger partial charge on any atom is -0.462 e. The molecule has 0 atom stereocenters. The molecule has 0 unspecified atom stereocenters. The number of carbonyl (C=O) groups is 2. The summed E-state index contributed by atoms with van der Waals surface area (Å²) < 4.78 is 10.7. The van der Waals surface area contributed by atoms with Crippen molar-refractivity contribution in [3.8, 4) is 0 Å². The van der Waals surface area contributed by atoms with Crippen LogP contribution in [0.2, 0.25) is 0 Å². The van der Waals surface area contributed by atoms with Crippen LogP contribution < -0.4 is 0 Å². The van der Waals surface area contributed by atoms with Crippen molar-refractivity contribution >= 4 is 11.9 Å². The Labute approximate surface area is 182 Å². The van der Waals surface area contributed by atoms with Crippen LogP contribution in [-0.2, 0) is 9.47 Å². The maximum absolute atomic E-state index is 12.4. The van der Waals surface area contributed by atoms with Gasteiger partial charge in [0.1, 0.15) is 0 Å². The molecular formula is C26H38O4. The summed E-state index contributed by atoms with van der Waals surface area (Å²) in [6, 6.07) is 6.70. The first-order valence-corrected chi connectivity index (χ1v) is 11.4. The van der Waals surface area contributed by atoms with E-state index in [2.05, 4.69) is 13.2 Å². The highest BCUT2D eigenvalue weighted by molar-refractivity contribution is 6.03. The van der Waals surface area contributed by atoms with Crippen LogP contribution in [0, 0.1) is 0 Å². The number of ether oxygens (including phenoxy) is 2. The van der Waals surface area contributed by atoms with Crippen LogP contribution in [0.15, 0.2) is 49.6 Å². The summed E-state index contributed by atoms with van der Waals surface area (Å²) >= 11 is 0. The number of hydrogen-bond acceptors (Lipinski definition) is 4. The number of unbranched alkanes of at least 4 members (excludes halogenated alkanes) is 10. The monoisotopic (exact) mass is 414 g/mol. The Morgan fingerprint density at radius 2 is 1.00 bits per heavy atom. The molecule has 30 heavy (non-hydrogen) atoms. The zero-order valence-electron chi connectivity index (χ0n) is 18.4. The number of allylic oxidation sites excluding steroid dienone is 2. The summed E-state index contributed by atoms with van der Waals surface area (Å²) in [5.41, 5.74) is 0.552. The van der Waals surface area contributed by atoms with Crippen LogP contribution in [0.1, 0.15) is 97.8 Å². The van der Waals surface area contributed by atoms with Gasteiger partial charge in [0.05, 0.1) is 24.3 Å². The molecule has 0 aromatic heterocycles. The standard InChI is InChI=1S/C26H38O4/c1-3-5-7-9-11-13-17-21-29-25(27)23-19-15-16-20-24(23)26(28)30-22-18-14-12-10-8-6-4-2/h3-4,15-16,19-20H,1-2,5-14,17-18,21-22H2. The van der Waals surface area contributed by atoms with Gasteiger partial charge in [0.25, 0.3) is 0 Å². The number of esters is 2. The average molecular weight is 415 g/mol. The van der Waals surface area contributed by atoms with Gasteiger partial charge in [-0.05, 0) is 50.7 Å². The van der Waals surface area contributed by atoms with Crippen molar-refractivity contribution in [3.05, 3.63) is 60.7 Å². The third-order valence-electron chi connectivity index (χ3n) is 4.94. The van der Waals surface area contributed by atoms with Gasteiger partial charge in [-0.3, -0.25) is 0 Å². The molecule has 0 amide bonds. The number of hydrogen-bond donors (Lipinski definition) is 0. The molecular weight excluding hydrogens is 376 g/mol. The molecule has 4 nitrogen and oxygen atoms in total. The maximum atomic E-state index is 12.4. The van der Waals surface area contributed by atoms with Crippen LogP contribution in [0.5, 0.6) is 0 Å². The van der Waals surface area contributed by atoms with E-state index >= 15 is 0 Å². The van der Waals surface area contributed by atoms with Gasteiger partial charge in [0, 0.05) is 0 Å². The van der Waals surface area contributed by atoms with E-state index in [0.717, 1.165) is 64.2 Å². The first-order chi connectivity index (χ1) is 14.7. The SMILES string of the molecule is C=CCCCCCCCOC(=O)c1ccccc1C(=O)OCCCCCCCC=C. The Bertz CT molecular complexity index is 581. The predicted octanol–water partition coefficient (Wildman–Crippen LogP) is 7.05. The average Bonchev–Trinajstić information content (AvgIpc) is 2.77. The van der Waals surface area contributed by atoms with Crippen molar-refractivity contribution in [2.24, 2.45) is 0 Å². The van der Waals surface area contributed by atoms with Crippen molar-refractivity contribution in [2.75, 3.05) is 13.2 Å². The normalized spacial score (nSPS) is 10.4. The fourth-order valence-corrected chi connectivity index (χ4v) is 3.17. The van der Waals surface area contributed by atoms with E-state index in [1.807, 2.05) is 12.2 Å². The van der Waals surface area contributed by atoms with Crippen LogP contribution in [-0.4, -0.2) is 25.2 Å². The Hall–Kier alpha value is -2.36. The Morgan fingerprint density at radius 1 is 0.633 bits per heavy atom. The number of rotatable bonds is 18. The molecule has 0 radical (unpaired) electrons. The summed E-state index contributed by atoms with van der Waals surface area (Å²) in [6.07, 6.45) is 16.6. The summed E-state index contributed by atoms with van der Waals surface area (Å²) in [6.45, 7) is 8.18. The lowest BCUT2D eigenvalue weighted by molar-refractivity contribution is 0.0450.